The Balaban J connectivity index is 1.40. The summed E-state index contributed by atoms with van der Waals surface area (Å²) >= 11 is 2.18. The third kappa shape index (κ3) is 5.59. The van der Waals surface area contributed by atoms with Gasteiger partial charge in [-0.3, -0.25) is 23.7 Å². The van der Waals surface area contributed by atoms with Crippen LogP contribution in [-0.2, 0) is 20.9 Å². The number of hydrogen-bond donors (Lipinski definition) is 2. The number of carbonyl (C=O) groups is 3. The van der Waals surface area contributed by atoms with Crippen LogP contribution in [0.25, 0.3) is 0 Å². The minimum absolute atomic E-state index is 0.0673. The Labute approximate surface area is 268 Å². The van der Waals surface area contributed by atoms with Gasteiger partial charge < -0.3 is 20.1 Å². The van der Waals surface area contributed by atoms with Gasteiger partial charge in [0, 0.05) is 35.3 Å². The minimum atomic E-state index is -0.792. The lowest BCUT2D eigenvalue weighted by Crippen LogP contribution is -2.33. The number of phenolic OH excluding ortho intramolecular Hbond substituents is 1. The summed E-state index contributed by atoms with van der Waals surface area (Å²) in [6, 6.07) is 20.8. The molecule has 12 heteroatoms. The van der Waals surface area contributed by atoms with Gasteiger partial charge in [0.25, 0.3) is 0 Å². The van der Waals surface area contributed by atoms with Gasteiger partial charge in [-0.05, 0) is 80.1 Å². The van der Waals surface area contributed by atoms with Crippen LogP contribution in [0.5, 0.6) is 11.5 Å². The molecular formula is C33H32N4O6S2. The molecule has 0 saturated carbocycles. The monoisotopic (exact) mass is 644 g/mol. The average Bonchev–Trinajstić information content (AvgIpc) is 3.49. The van der Waals surface area contributed by atoms with E-state index in [0.29, 0.717) is 27.0 Å². The van der Waals surface area contributed by atoms with Gasteiger partial charge in [0.15, 0.2) is 0 Å². The lowest BCUT2D eigenvalue weighted by molar-refractivity contribution is -0.122. The van der Waals surface area contributed by atoms with Crippen LogP contribution in [0.2, 0.25) is 0 Å². The zero-order valence-corrected chi connectivity index (χ0v) is 26.6. The summed E-state index contributed by atoms with van der Waals surface area (Å²) in [4.78, 5) is 58.4. The molecule has 10 nitrogen and oxygen atoms in total. The molecule has 3 aromatic carbocycles. The summed E-state index contributed by atoms with van der Waals surface area (Å²) in [7, 11) is 1.55. The van der Waals surface area contributed by atoms with E-state index in [1.165, 1.54) is 33.4 Å². The van der Waals surface area contributed by atoms with E-state index in [4.69, 9.17) is 4.74 Å². The number of carbonyl (C=O) groups excluding carboxylic acids is 3. The Morgan fingerprint density at radius 3 is 2.22 bits per heavy atom. The van der Waals surface area contributed by atoms with Crippen molar-refractivity contribution < 1.29 is 24.2 Å². The van der Waals surface area contributed by atoms with E-state index in [1.807, 2.05) is 24.3 Å². The van der Waals surface area contributed by atoms with Crippen LogP contribution in [0.3, 0.4) is 0 Å². The van der Waals surface area contributed by atoms with Crippen LogP contribution in [0.4, 0.5) is 17.1 Å². The van der Waals surface area contributed by atoms with Gasteiger partial charge in [-0.15, -0.1) is 0 Å². The molecule has 2 aliphatic rings. The summed E-state index contributed by atoms with van der Waals surface area (Å²) in [5.41, 5.74) is 2.78. The Hall–Kier alpha value is -4.55. The van der Waals surface area contributed by atoms with Crippen LogP contribution in [0.15, 0.2) is 82.6 Å². The predicted octanol–water partition coefficient (Wildman–Crippen LogP) is 4.90. The Morgan fingerprint density at radius 1 is 0.933 bits per heavy atom. The largest absolute Gasteiger partial charge is 0.508 e. The molecule has 0 radical (unpaired) electrons. The number of rotatable bonds is 9. The van der Waals surface area contributed by atoms with E-state index in [0.717, 1.165) is 35.7 Å². The van der Waals surface area contributed by atoms with E-state index in [2.05, 4.69) is 24.1 Å². The second-order valence-electron chi connectivity index (χ2n) is 10.7. The van der Waals surface area contributed by atoms with Crippen molar-refractivity contribution in [2.45, 2.75) is 36.6 Å². The molecule has 45 heavy (non-hydrogen) atoms. The zero-order valence-electron chi connectivity index (χ0n) is 24.9. The standard InChI is InChI=1S/C33H32N4O6S2/c1-4-35(5-2)21-10-6-19(7-11-21)26-27-28(31(41)37(30(27)40)22-12-16-24(43-3)17-13-22)44-32-29(26)45-33(42)36(32)18-25(39)34-20-8-14-23(38)15-9-20/h6-17,26-28,38H,4-5,18H2,1-3H3,(H,34,39)/t26-,27-,28+/m0/s1. The maximum atomic E-state index is 14.2. The SMILES string of the molecule is CCN(CC)c1ccc([C@@H]2c3sc(=O)n(CC(=O)Nc4ccc(O)cc4)c3S[C@H]3C(=O)N(c4ccc(OC)cc4)C(=O)[C@@H]23)cc1. The Kier molecular flexibility index (Phi) is 8.43. The highest BCUT2D eigenvalue weighted by Gasteiger charge is 2.56. The number of ether oxygens (including phenoxy) is 1. The molecule has 1 saturated heterocycles. The first-order valence-corrected chi connectivity index (χ1v) is 16.3. The first-order valence-electron chi connectivity index (χ1n) is 14.6. The quantitative estimate of drug-likeness (QED) is 0.195. The van der Waals surface area contributed by atoms with Crippen LogP contribution in [0, 0.1) is 5.92 Å². The Morgan fingerprint density at radius 2 is 1.60 bits per heavy atom. The molecule has 3 heterocycles. The van der Waals surface area contributed by atoms with Gasteiger partial charge in [-0.1, -0.05) is 35.2 Å². The molecule has 1 aromatic heterocycles. The van der Waals surface area contributed by atoms with Crippen LogP contribution >= 0.6 is 23.1 Å². The lowest BCUT2D eigenvalue weighted by Gasteiger charge is -2.31. The van der Waals surface area contributed by atoms with E-state index < -0.39 is 23.0 Å². The number of thiazole rings is 1. The Bertz CT molecular complexity index is 1800. The van der Waals surface area contributed by atoms with Crippen LogP contribution in [0.1, 0.15) is 30.2 Å². The molecule has 0 bridgehead atoms. The van der Waals surface area contributed by atoms with Crippen LogP contribution < -0.4 is 24.7 Å². The number of amides is 3. The van der Waals surface area contributed by atoms with E-state index in [-0.39, 0.29) is 29.0 Å². The van der Waals surface area contributed by atoms with E-state index >= 15 is 0 Å². The molecule has 232 valence electrons. The van der Waals surface area contributed by atoms with Gasteiger partial charge in [-0.2, -0.15) is 0 Å². The minimum Gasteiger partial charge on any atom is -0.508 e. The molecule has 3 atom stereocenters. The predicted molar refractivity (Wildman–Crippen MR) is 176 cm³/mol. The summed E-state index contributed by atoms with van der Waals surface area (Å²) in [6.45, 7) is 5.58. The third-order valence-corrected chi connectivity index (χ3v) is 10.8. The first kappa shape index (κ1) is 30.5. The van der Waals surface area contributed by atoms with Crippen molar-refractivity contribution in [2.24, 2.45) is 5.92 Å². The second-order valence-corrected chi connectivity index (χ2v) is 12.9. The topological polar surface area (TPSA) is 121 Å². The molecule has 0 aliphatic carbocycles. The van der Waals surface area contributed by atoms with E-state index in [9.17, 15) is 24.3 Å². The number of benzene rings is 3. The molecule has 6 rings (SSSR count). The molecule has 0 unspecified atom stereocenters. The highest BCUT2D eigenvalue weighted by atomic mass is 32.2. The molecule has 0 spiro atoms. The van der Waals surface area contributed by atoms with Gasteiger partial charge in [-0.25, -0.2) is 4.90 Å². The summed E-state index contributed by atoms with van der Waals surface area (Å²) in [6.07, 6.45) is 0. The van der Waals surface area contributed by atoms with Crippen molar-refractivity contribution >= 4 is 57.9 Å². The molecule has 2 aliphatic heterocycles. The van der Waals surface area contributed by atoms with Gasteiger partial charge in [0.2, 0.25) is 17.7 Å². The highest BCUT2D eigenvalue weighted by Crippen LogP contribution is 2.54. The van der Waals surface area contributed by atoms with Gasteiger partial charge in [0.05, 0.1) is 23.7 Å². The molecule has 4 aromatic rings. The fourth-order valence-electron chi connectivity index (χ4n) is 5.97. The number of phenols is 1. The smallest absolute Gasteiger partial charge is 0.308 e. The van der Waals surface area contributed by atoms with Crippen molar-refractivity contribution in [3.8, 4) is 11.5 Å². The van der Waals surface area contributed by atoms with Gasteiger partial charge >= 0.3 is 4.87 Å². The summed E-state index contributed by atoms with van der Waals surface area (Å²) < 4.78 is 6.65. The number of aromatic hydroxyl groups is 1. The number of methoxy groups -OCH3 is 1. The highest BCUT2D eigenvalue weighted by molar-refractivity contribution is 8.00. The van der Waals surface area contributed by atoms with Crippen molar-refractivity contribution in [1.82, 2.24) is 4.57 Å². The number of fused-ring (bicyclic) bond motifs is 2. The summed E-state index contributed by atoms with van der Waals surface area (Å²) in [5.74, 6) is -1.76. The number of imide groups is 1. The number of aromatic nitrogens is 1. The number of nitrogens with one attached hydrogen (secondary N) is 1. The lowest BCUT2D eigenvalue weighted by atomic mass is 9.83. The third-order valence-electron chi connectivity index (χ3n) is 8.21. The van der Waals surface area contributed by atoms with Crippen molar-refractivity contribution in [1.29, 1.82) is 0 Å². The van der Waals surface area contributed by atoms with E-state index in [1.54, 1.807) is 43.5 Å². The second kappa shape index (κ2) is 12.4. The molecule has 1 fully saturated rings. The average molecular weight is 645 g/mol. The number of nitrogens with zero attached hydrogens (tertiary/aromatic N) is 3. The molecule has 3 amide bonds. The van der Waals surface area contributed by atoms with Crippen molar-refractivity contribution in [3.05, 3.63) is 92.9 Å². The van der Waals surface area contributed by atoms with Crippen LogP contribution in [-0.4, -0.2) is 52.8 Å². The fourth-order valence-corrected chi connectivity index (χ4v) is 8.74. The fraction of sp³-hybridized carbons (Fsp3) is 0.273. The number of anilines is 3. The normalized spacial score (nSPS) is 18.8. The first-order chi connectivity index (χ1) is 21.7. The maximum Gasteiger partial charge on any atom is 0.308 e. The zero-order chi connectivity index (χ0) is 31.8. The number of thioether (sulfide) groups is 1. The number of hydrogen-bond acceptors (Lipinski definition) is 9. The summed E-state index contributed by atoms with van der Waals surface area (Å²) in [5, 5.41) is 12.0. The molecule has 2 N–H and O–H groups in total. The van der Waals surface area contributed by atoms with Crippen molar-refractivity contribution in [3.63, 3.8) is 0 Å². The van der Waals surface area contributed by atoms with Crippen molar-refractivity contribution in [2.75, 3.05) is 35.3 Å². The van der Waals surface area contributed by atoms with Gasteiger partial charge in [0.1, 0.15) is 23.3 Å². The molecular weight excluding hydrogens is 613 g/mol. The maximum absolute atomic E-state index is 14.2.